The third-order valence-electron chi connectivity index (χ3n) is 2.92. The second kappa shape index (κ2) is 5.09. The van der Waals surface area contributed by atoms with E-state index in [4.69, 9.17) is 5.73 Å². The van der Waals surface area contributed by atoms with E-state index in [2.05, 4.69) is 15.5 Å². The van der Waals surface area contributed by atoms with Gasteiger partial charge in [0.1, 0.15) is 11.4 Å². The van der Waals surface area contributed by atoms with Gasteiger partial charge in [-0.25, -0.2) is 4.39 Å². The van der Waals surface area contributed by atoms with Gasteiger partial charge < -0.3 is 11.1 Å². The highest BCUT2D eigenvalue weighted by Crippen LogP contribution is 2.18. The summed E-state index contributed by atoms with van der Waals surface area (Å²) in [5, 5.41) is 9.09. The van der Waals surface area contributed by atoms with E-state index >= 15 is 0 Å². The number of aromatic nitrogens is 2. The van der Waals surface area contributed by atoms with Crippen molar-refractivity contribution in [3.8, 4) is 0 Å². The Kier molecular flexibility index (Phi) is 3.50. The summed E-state index contributed by atoms with van der Waals surface area (Å²) >= 11 is 0. The number of amides is 1. The molecule has 0 spiro atoms. The van der Waals surface area contributed by atoms with E-state index in [0.29, 0.717) is 16.8 Å². The average molecular weight is 262 g/mol. The molecule has 0 saturated heterocycles. The molecule has 0 aliphatic carbocycles. The molecule has 0 aliphatic rings. The summed E-state index contributed by atoms with van der Waals surface area (Å²) in [6, 6.07) is 5.85. The lowest BCUT2D eigenvalue weighted by Gasteiger charge is -2.15. The SMILES string of the molecule is Cc1[nH]nc(N)c1C(=O)NC(C)c1ccccc1F. The van der Waals surface area contributed by atoms with Crippen molar-refractivity contribution < 1.29 is 9.18 Å². The fourth-order valence-corrected chi connectivity index (χ4v) is 1.91. The number of rotatable bonds is 3. The van der Waals surface area contributed by atoms with Gasteiger partial charge in [-0.1, -0.05) is 18.2 Å². The summed E-state index contributed by atoms with van der Waals surface area (Å²) in [6.45, 7) is 3.41. The van der Waals surface area contributed by atoms with Crippen LogP contribution in [0.5, 0.6) is 0 Å². The molecule has 1 unspecified atom stereocenters. The van der Waals surface area contributed by atoms with Crippen LogP contribution in [0.2, 0.25) is 0 Å². The van der Waals surface area contributed by atoms with Crippen LogP contribution < -0.4 is 11.1 Å². The molecule has 0 bridgehead atoms. The highest BCUT2D eigenvalue weighted by Gasteiger charge is 2.19. The van der Waals surface area contributed by atoms with Crippen LogP contribution in [0.15, 0.2) is 24.3 Å². The molecular formula is C13H15FN4O. The normalized spacial score (nSPS) is 12.2. The first-order valence-corrected chi connectivity index (χ1v) is 5.86. The van der Waals surface area contributed by atoms with Crippen LogP contribution in [0, 0.1) is 12.7 Å². The van der Waals surface area contributed by atoms with Gasteiger partial charge in [0.25, 0.3) is 5.91 Å². The van der Waals surface area contributed by atoms with Gasteiger partial charge in [-0.3, -0.25) is 9.89 Å². The number of hydrogen-bond acceptors (Lipinski definition) is 3. The van der Waals surface area contributed by atoms with Gasteiger partial charge in [-0.2, -0.15) is 5.10 Å². The Morgan fingerprint density at radius 3 is 2.74 bits per heavy atom. The number of nitrogen functional groups attached to an aromatic ring is 1. The van der Waals surface area contributed by atoms with E-state index in [0.717, 1.165) is 0 Å². The average Bonchev–Trinajstić information content (AvgIpc) is 2.69. The van der Waals surface area contributed by atoms with E-state index < -0.39 is 6.04 Å². The second-order valence-electron chi connectivity index (χ2n) is 4.33. The number of anilines is 1. The Morgan fingerprint density at radius 2 is 2.16 bits per heavy atom. The molecule has 1 heterocycles. The number of carbonyl (C=O) groups excluding carboxylic acids is 1. The quantitative estimate of drug-likeness (QED) is 0.790. The van der Waals surface area contributed by atoms with Gasteiger partial charge in [0.15, 0.2) is 5.82 Å². The minimum Gasteiger partial charge on any atom is -0.382 e. The van der Waals surface area contributed by atoms with Crippen molar-refractivity contribution in [1.29, 1.82) is 0 Å². The third-order valence-corrected chi connectivity index (χ3v) is 2.92. The van der Waals surface area contributed by atoms with Crippen molar-refractivity contribution >= 4 is 11.7 Å². The van der Waals surface area contributed by atoms with Crippen LogP contribution in [-0.4, -0.2) is 16.1 Å². The number of H-pyrrole nitrogens is 1. The van der Waals surface area contributed by atoms with Gasteiger partial charge in [-0.05, 0) is 19.9 Å². The van der Waals surface area contributed by atoms with Gasteiger partial charge in [0, 0.05) is 11.3 Å². The molecule has 100 valence electrons. The second-order valence-corrected chi connectivity index (χ2v) is 4.33. The molecule has 0 aliphatic heterocycles. The Balaban J connectivity index is 2.18. The minimum atomic E-state index is -0.456. The fraction of sp³-hybridized carbons (Fsp3) is 0.231. The molecule has 2 rings (SSSR count). The number of nitrogens with zero attached hydrogens (tertiary/aromatic N) is 1. The molecule has 0 fully saturated rings. The summed E-state index contributed by atoms with van der Waals surface area (Å²) < 4.78 is 13.6. The highest BCUT2D eigenvalue weighted by atomic mass is 19.1. The molecule has 1 aromatic heterocycles. The van der Waals surface area contributed by atoms with E-state index in [1.807, 2.05) is 0 Å². The lowest BCUT2D eigenvalue weighted by molar-refractivity contribution is 0.0939. The molecule has 1 atom stereocenters. The lowest BCUT2D eigenvalue weighted by Crippen LogP contribution is -2.28. The molecule has 4 N–H and O–H groups in total. The Labute approximate surface area is 110 Å². The summed E-state index contributed by atoms with van der Waals surface area (Å²) in [6.07, 6.45) is 0. The zero-order valence-electron chi connectivity index (χ0n) is 10.7. The van der Waals surface area contributed by atoms with Crippen molar-refractivity contribution in [2.45, 2.75) is 19.9 Å². The van der Waals surface area contributed by atoms with Crippen molar-refractivity contribution in [3.05, 3.63) is 46.9 Å². The summed E-state index contributed by atoms with van der Waals surface area (Å²) in [5.41, 5.74) is 6.91. The Bertz CT molecular complexity index is 589. The highest BCUT2D eigenvalue weighted by molar-refractivity contribution is 5.99. The number of halogens is 1. The summed E-state index contributed by atoms with van der Waals surface area (Å²) in [7, 11) is 0. The smallest absolute Gasteiger partial charge is 0.257 e. The number of nitrogens with one attached hydrogen (secondary N) is 2. The van der Waals surface area contributed by atoms with E-state index in [-0.39, 0.29) is 17.5 Å². The minimum absolute atomic E-state index is 0.135. The number of aryl methyl sites for hydroxylation is 1. The van der Waals surface area contributed by atoms with E-state index in [1.54, 1.807) is 32.0 Å². The molecule has 2 aromatic rings. The molecule has 1 amide bonds. The van der Waals surface area contributed by atoms with Crippen molar-refractivity contribution in [2.24, 2.45) is 0 Å². The number of benzene rings is 1. The van der Waals surface area contributed by atoms with Crippen molar-refractivity contribution in [1.82, 2.24) is 15.5 Å². The van der Waals surface area contributed by atoms with Crippen LogP contribution in [0.1, 0.15) is 34.6 Å². The molecule has 1 aromatic carbocycles. The van der Waals surface area contributed by atoms with Crippen LogP contribution in [0.4, 0.5) is 10.2 Å². The topological polar surface area (TPSA) is 83.8 Å². The van der Waals surface area contributed by atoms with Crippen LogP contribution in [-0.2, 0) is 0 Å². The van der Waals surface area contributed by atoms with Crippen molar-refractivity contribution in [3.63, 3.8) is 0 Å². The third kappa shape index (κ3) is 2.57. The van der Waals surface area contributed by atoms with Gasteiger partial charge in [0.05, 0.1) is 6.04 Å². The van der Waals surface area contributed by atoms with Crippen LogP contribution in [0.3, 0.4) is 0 Å². The fourth-order valence-electron chi connectivity index (χ4n) is 1.91. The maximum Gasteiger partial charge on any atom is 0.257 e. The first kappa shape index (κ1) is 13.1. The Hall–Kier alpha value is -2.37. The molecular weight excluding hydrogens is 247 g/mol. The van der Waals surface area contributed by atoms with Gasteiger partial charge in [0.2, 0.25) is 0 Å². The first-order valence-electron chi connectivity index (χ1n) is 5.86. The predicted octanol–water partition coefficient (Wildman–Crippen LogP) is 1.93. The molecule has 5 nitrogen and oxygen atoms in total. The maximum atomic E-state index is 13.6. The number of carbonyl (C=O) groups is 1. The number of hydrogen-bond donors (Lipinski definition) is 3. The molecule has 6 heteroatoms. The lowest BCUT2D eigenvalue weighted by atomic mass is 10.1. The van der Waals surface area contributed by atoms with Gasteiger partial charge in [-0.15, -0.1) is 0 Å². The zero-order chi connectivity index (χ0) is 14.0. The predicted molar refractivity (Wildman–Crippen MR) is 70.0 cm³/mol. The summed E-state index contributed by atoms with van der Waals surface area (Å²) in [5.74, 6) is -0.595. The summed E-state index contributed by atoms with van der Waals surface area (Å²) in [4.78, 5) is 12.1. The zero-order valence-corrected chi connectivity index (χ0v) is 10.7. The number of aromatic amines is 1. The largest absolute Gasteiger partial charge is 0.382 e. The Morgan fingerprint density at radius 1 is 1.47 bits per heavy atom. The van der Waals surface area contributed by atoms with Crippen LogP contribution in [0.25, 0.3) is 0 Å². The number of nitrogens with two attached hydrogens (primary N) is 1. The van der Waals surface area contributed by atoms with Gasteiger partial charge >= 0.3 is 0 Å². The standard InChI is InChI=1S/C13H15FN4O/c1-7(9-5-3-4-6-10(9)14)16-13(19)11-8(2)17-18-12(11)15/h3-7H,1-2H3,(H,16,19)(H3,15,17,18). The monoisotopic (exact) mass is 262 g/mol. The molecule has 0 saturated carbocycles. The van der Waals surface area contributed by atoms with Crippen LogP contribution >= 0.6 is 0 Å². The van der Waals surface area contributed by atoms with E-state index in [9.17, 15) is 9.18 Å². The van der Waals surface area contributed by atoms with E-state index in [1.165, 1.54) is 6.07 Å². The van der Waals surface area contributed by atoms with Crippen molar-refractivity contribution in [2.75, 3.05) is 5.73 Å². The molecule has 0 radical (unpaired) electrons. The first-order chi connectivity index (χ1) is 9.00. The maximum absolute atomic E-state index is 13.6. The molecule has 19 heavy (non-hydrogen) atoms.